The molecule has 0 spiro atoms. The molecule has 0 amide bonds. The normalized spacial score (nSPS) is 10.5. The molecular weight excluding hydrogens is 346 g/mol. The fourth-order valence-electron chi connectivity index (χ4n) is 2.40. The standard InChI is InChI=1S/C19H15N5OS/c20-19-24-17(13-5-2-1-3-6-13)18(26-19)25-15-8-10-22-16(11-15)23-14-7-4-9-21-12-14/h1-12H,(H2,20,24)(H,22,23). The minimum absolute atomic E-state index is 0.460. The molecule has 3 aromatic heterocycles. The predicted molar refractivity (Wildman–Crippen MR) is 104 cm³/mol. The molecule has 3 N–H and O–H groups in total. The number of hydrogen-bond donors (Lipinski definition) is 2. The number of nitrogens with one attached hydrogen (secondary N) is 1. The second kappa shape index (κ2) is 7.20. The van der Waals surface area contributed by atoms with E-state index in [2.05, 4.69) is 20.3 Å². The van der Waals surface area contributed by atoms with Crippen LogP contribution in [0.5, 0.6) is 10.8 Å². The van der Waals surface area contributed by atoms with Gasteiger partial charge in [0, 0.05) is 24.0 Å². The number of hydrogen-bond acceptors (Lipinski definition) is 7. The molecule has 7 heteroatoms. The van der Waals surface area contributed by atoms with Crippen LogP contribution in [0.25, 0.3) is 11.3 Å². The van der Waals surface area contributed by atoms with E-state index in [1.165, 1.54) is 11.3 Å². The molecule has 0 aliphatic carbocycles. The smallest absolute Gasteiger partial charge is 0.210 e. The van der Waals surface area contributed by atoms with Gasteiger partial charge in [-0.25, -0.2) is 9.97 Å². The Bertz CT molecular complexity index is 1000. The Balaban J connectivity index is 1.60. The number of nitrogens with two attached hydrogens (primary N) is 1. The fraction of sp³-hybridized carbons (Fsp3) is 0. The highest BCUT2D eigenvalue weighted by Gasteiger charge is 2.14. The van der Waals surface area contributed by atoms with Crippen LogP contribution in [0.4, 0.5) is 16.6 Å². The molecule has 3 heterocycles. The Morgan fingerprint density at radius 3 is 2.69 bits per heavy atom. The molecule has 1 aromatic carbocycles. The summed E-state index contributed by atoms with van der Waals surface area (Å²) >= 11 is 1.31. The Hall–Kier alpha value is -3.45. The first-order chi connectivity index (χ1) is 12.8. The van der Waals surface area contributed by atoms with Crippen LogP contribution in [0, 0.1) is 0 Å². The molecule has 0 bridgehead atoms. The lowest BCUT2D eigenvalue weighted by Gasteiger charge is -2.08. The first-order valence-electron chi connectivity index (χ1n) is 7.90. The number of pyridine rings is 2. The monoisotopic (exact) mass is 361 g/mol. The Morgan fingerprint density at radius 1 is 1.00 bits per heavy atom. The van der Waals surface area contributed by atoms with Gasteiger partial charge in [0.25, 0.3) is 0 Å². The SMILES string of the molecule is Nc1nc(-c2ccccc2)c(Oc2ccnc(Nc3cccnc3)c2)s1. The molecule has 4 aromatic rings. The maximum atomic E-state index is 6.04. The van der Waals surface area contributed by atoms with E-state index in [0.717, 1.165) is 16.9 Å². The third kappa shape index (κ3) is 3.62. The first-order valence-corrected chi connectivity index (χ1v) is 8.72. The summed E-state index contributed by atoms with van der Waals surface area (Å²) < 4.78 is 6.04. The summed E-state index contributed by atoms with van der Waals surface area (Å²) in [5.41, 5.74) is 8.43. The number of thiazole rings is 1. The van der Waals surface area contributed by atoms with Crippen molar-refractivity contribution in [3.63, 3.8) is 0 Å². The zero-order valence-corrected chi connectivity index (χ0v) is 14.5. The van der Waals surface area contributed by atoms with Crippen molar-refractivity contribution in [3.8, 4) is 22.1 Å². The van der Waals surface area contributed by atoms with Gasteiger partial charge in [-0.15, -0.1) is 0 Å². The van der Waals surface area contributed by atoms with Crippen molar-refractivity contribution >= 4 is 28.0 Å². The van der Waals surface area contributed by atoms with Crippen molar-refractivity contribution < 1.29 is 4.74 Å². The van der Waals surface area contributed by atoms with Crippen LogP contribution in [-0.2, 0) is 0 Å². The summed E-state index contributed by atoms with van der Waals surface area (Å²) in [5.74, 6) is 1.31. The van der Waals surface area contributed by atoms with Crippen LogP contribution in [0.2, 0.25) is 0 Å². The van der Waals surface area contributed by atoms with Gasteiger partial charge in [-0.2, -0.15) is 0 Å². The van der Waals surface area contributed by atoms with Gasteiger partial charge in [0.1, 0.15) is 17.3 Å². The molecule has 128 valence electrons. The number of aromatic nitrogens is 3. The third-order valence-electron chi connectivity index (χ3n) is 3.54. The van der Waals surface area contributed by atoms with Crippen LogP contribution < -0.4 is 15.8 Å². The average molecular weight is 361 g/mol. The molecule has 0 radical (unpaired) electrons. The minimum Gasteiger partial charge on any atom is -0.444 e. The zero-order valence-electron chi connectivity index (χ0n) is 13.7. The van der Waals surface area contributed by atoms with Gasteiger partial charge < -0.3 is 15.8 Å². The number of anilines is 3. The number of rotatable bonds is 5. The van der Waals surface area contributed by atoms with Crippen LogP contribution >= 0.6 is 11.3 Å². The van der Waals surface area contributed by atoms with Gasteiger partial charge in [0.15, 0.2) is 5.13 Å². The second-order valence-corrected chi connectivity index (χ2v) is 6.39. The molecule has 0 fully saturated rings. The number of nitrogen functional groups attached to an aromatic ring is 1. The summed E-state index contributed by atoms with van der Waals surface area (Å²) in [6.07, 6.45) is 5.13. The summed E-state index contributed by atoms with van der Waals surface area (Å²) in [6, 6.07) is 17.2. The molecule has 26 heavy (non-hydrogen) atoms. The van der Waals surface area contributed by atoms with Crippen molar-refractivity contribution in [3.05, 3.63) is 73.2 Å². The van der Waals surface area contributed by atoms with Crippen LogP contribution in [-0.4, -0.2) is 15.0 Å². The van der Waals surface area contributed by atoms with E-state index in [9.17, 15) is 0 Å². The third-order valence-corrected chi connectivity index (χ3v) is 4.30. The van der Waals surface area contributed by atoms with Gasteiger partial charge in [0.2, 0.25) is 5.06 Å². The van der Waals surface area contributed by atoms with Gasteiger partial charge in [-0.3, -0.25) is 4.98 Å². The van der Waals surface area contributed by atoms with Crippen LogP contribution in [0.1, 0.15) is 0 Å². The maximum Gasteiger partial charge on any atom is 0.210 e. The Labute approximate surface area is 154 Å². The lowest BCUT2D eigenvalue weighted by molar-refractivity contribution is 0.496. The second-order valence-electron chi connectivity index (χ2n) is 5.40. The molecular formula is C19H15N5OS. The summed E-state index contributed by atoms with van der Waals surface area (Å²) in [4.78, 5) is 12.8. The number of nitrogens with zero attached hydrogens (tertiary/aromatic N) is 3. The van der Waals surface area contributed by atoms with E-state index in [-0.39, 0.29) is 0 Å². The lowest BCUT2D eigenvalue weighted by Crippen LogP contribution is -1.94. The van der Waals surface area contributed by atoms with Crippen LogP contribution in [0.3, 0.4) is 0 Å². The minimum atomic E-state index is 0.460. The van der Waals surface area contributed by atoms with Gasteiger partial charge in [-0.05, 0) is 18.2 Å². The van der Waals surface area contributed by atoms with Crippen molar-refractivity contribution in [2.24, 2.45) is 0 Å². The quantitative estimate of drug-likeness (QED) is 0.535. The molecule has 0 aliphatic heterocycles. The highest BCUT2D eigenvalue weighted by Crippen LogP contribution is 2.39. The summed E-state index contributed by atoms with van der Waals surface area (Å²) in [6.45, 7) is 0. The van der Waals surface area contributed by atoms with Crippen molar-refractivity contribution in [2.45, 2.75) is 0 Å². The summed E-state index contributed by atoms with van der Waals surface area (Å²) in [5, 5.41) is 4.30. The highest BCUT2D eigenvalue weighted by molar-refractivity contribution is 7.17. The van der Waals surface area contributed by atoms with Crippen LogP contribution in [0.15, 0.2) is 73.2 Å². The van der Waals surface area contributed by atoms with Crippen molar-refractivity contribution in [1.29, 1.82) is 0 Å². The van der Waals surface area contributed by atoms with Gasteiger partial charge in [0.05, 0.1) is 11.9 Å². The Kier molecular flexibility index (Phi) is 4.44. The zero-order chi connectivity index (χ0) is 17.8. The van der Waals surface area contributed by atoms with Gasteiger partial charge >= 0.3 is 0 Å². The fourth-order valence-corrected chi connectivity index (χ4v) is 3.13. The molecule has 0 aliphatic rings. The molecule has 0 atom stereocenters. The summed E-state index contributed by atoms with van der Waals surface area (Å²) in [7, 11) is 0. The lowest BCUT2D eigenvalue weighted by atomic mass is 10.2. The topological polar surface area (TPSA) is 86.0 Å². The number of ether oxygens (including phenoxy) is 1. The van der Waals surface area contributed by atoms with Gasteiger partial charge in [-0.1, -0.05) is 41.7 Å². The molecule has 0 saturated heterocycles. The molecule has 0 saturated carbocycles. The molecule has 4 rings (SSSR count). The highest BCUT2D eigenvalue weighted by atomic mass is 32.1. The van der Waals surface area contributed by atoms with E-state index < -0.39 is 0 Å². The van der Waals surface area contributed by atoms with E-state index >= 15 is 0 Å². The average Bonchev–Trinajstić information content (AvgIpc) is 3.04. The largest absolute Gasteiger partial charge is 0.444 e. The van der Waals surface area contributed by atoms with E-state index in [4.69, 9.17) is 10.5 Å². The maximum absolute atomic E-state index is 6.04. The number of benzene rings is 1. The molecule has 0 unspecified atom stereocenters. The van der Waals surface area contributed by atoms with Crippen molar-refractivity contribution in [1.82, 2.24) is 15.0 Å². The van der Waals surface area contributed by atoms with E-state index in [1.807, 2.05) is 48.5 Å². The first kappa shape index (κ1) is 16.0. The van der Waals surface area contributed by atoms with Crippen molar-refractivity contribution in [2.75, 3.05) is 11.1 Å². The Morgan fingerprint density at radius 2 is 1.88 bits per heavy atom. The van der Waals surface area contributed by atoms with E-state index in [0.29, 0.717) is 21.8 Å². The predicted octanol–water partition coefficient (Wildman–Crippen LogP) is 4.72. The molecule has 6 nitrogen and oxygen atoms in total. The van der Waals surface area contributed by atoms with E-state index in [1.54, 1.807) is 24.7 Å².